The van der Waals surface area contributed by atoms with Gasteiger partial charge in [0.1, 0.15) is 22.0 Å². The highest BCUT2D eigenvalue weighted by Gasteiger charge is 2.63. The second-order valence-electron chi connectivity index (χ2n) is 15.4. The molecule has 3 aliphatic heterocycles. The van der Waals surface area contributed by atoms with Crippen LogP contribution in [-0.2, 0) is 33.4 Å². The number of nitrogens with zero attached hydrogens (tertiary/aromatic N) is 2. The van der Waals surface area contributed by atoms with Gasteiger partial charge in [-0.1, -0.05) is 60.7 Å². The first-order valence-electron chi connectivity index (χ1n) is 16.9. The normalized spacial score (nSPS) is 26.5. The van der Waals surface area contributed by atoms with Crippen LogP contribution in [0.1, 0.15) is 78.6 Å². The molecule has 3 aliphatic rings. The number of esters is 2. The van der Waals surface area contributed by atoms with Gasteiger partial charge in [-0.25, -0.2) is 0 Å². The molecule has 0 aromatic heterocycles. The van der Waals surface area contributed by atoms with Gasteiger partial charge in [0.05, 0.1) is 50.3 Å². The Balaban J connectivity index is 0.000000221. The number of aliphatic hydroxyl groups is 2. The number of aliphatic hydroxyl groups excluding tert-OH is 2. The summed E-state index contributed by atoms with van der Waals surface area (Å²) in [6.07, 6.45) is 0. The van der Waals surface area contributed by atoms with Gasteiger partial charge in [-0.15, -0.1) is 0 Å². The highest BCUT2D eigenvalue weighted by molar-refractivity contribution is 5.93. The second-order valence-corrected chi connectivity index (χ2v) is 15.4. The Labute approximate surface area is 289 Å². The van der Waals surface area contributed by atoms with Gasteiger partial charge >= 0.3 is 11.9 Å². The van der Waals surface area contributed by atoms with E-state index in [-0.39, 0.29) is 49.6 Å². The number of rotatable bonds is 8. The number of carbonyl (C=O) groups excluding carboxylic acids is 4. The zero-order valence-corrected chi connectivity index (χ0v) is 30.0. The third-order valence-electron chi connectivity index (χ3n) is 9.62. The SMILES string of the molecule is C[C@H](c1ccccc1)N1C[C@@](CO)(C(=O)OC(C)(C)C)C(CO)C1=O.C[C@H](c1ccccc1)N1C[C@]2(C(=O)OC(C)(C)C)COCC2C1=O. The number of benzene rings is 2. The number of carbonyl (C=O) groups is 4. The Hall–Kier alpha value is -3.80. The second kappa shape index (κ2) is 14.6. The van der Waals surface area contributed by atoms with Crippen molar-refractivity contribution in [2.24, 2.45) is 22.7 Å². The molecule has 49 heavy (non-hydrogen) atoms. The van der Waals surface area contributed by atoms with Crippen molar-refractivity contribution in [1.82, 2.24) is 9.80 Å². The summed E-state index contributed by atoms with van der Waals surface area (Å²) in [5.74, 6) is -2.81. The summed E-state index contributed by atoms with van der Waals surface area (Å²) in [4.78, 5) is 54.7. The lowest BCUT2D eigenvalue weighted by Crippen LogP contribution is -2.47. The van der Waals surface area contributed by atoms with Gasteiger partial charge in [-0.3, -0.25) is 19.2 Å². The van der Waals surface area contributed by atoms with Crippen molar-refractivity contribution in [3.8, 4) is 0 Å². The smallest absolute Gasteiger partial charge is 0.317 e. The van der Waals surface area contributed by atoms with E-state index < -0.39 is 53.1 Å². The topological polar surface area (TPSA) is 143 Å². The van der Waals surface area contributed by atoms with Crippen LogP contribution >= 0.6 is 0 Å². The Morgan fingerprint density at radius 2 is 1.27 bits per heavy atom. The summed E-state index contributed by atoms with van der Waals surface area (Å²) in [6.45, 7) is 14.4. The molecule has 2 aromatic carbocycles. The monoisotopic (exact) mass is 680 g/mol. The molecule has 11 heteroatoms. The van der Waals surface area contributed by atoms with Gasteiger partial charge in [0.2, 0.25) is 11.8 Å². The summed E-state index contributed by atoms with van der Waals surface area (Å²) in [5.41, 5.74) is -1.69. The molecule has 2 unspecified atom stereocenters. The highest BCUT2D eigenvalue weighted by Crippen LogP contribution is 2.46. The fourth-order valence-electron chi connectivity index (χ4n) is 6.78. The van der Waals surface area contributed by atoms with Crippen LogP contribution in [0.25, 0.3) is 0 Å². The van der Waals surface area contributed by atoms with Crippen LogP contribution in [0, 0.1) is 22.7 Å². The van der Waals surface area contributed by atoms with Crippen LogP contribution in [0.15, 0.2) is 60.7 Å². The molecule has 3 fully saturated rings. The minimum absolute atomic E-state index is 0.0124. The Bertz CT molecular complexity index is 1490. The van der Waals surface area contributed by atoms with E-state index >= 15 is 0 Å². The lowest BCUT2D eigenvalue weighted by atomic mass is 9.78. The van der Waals surface area contributed by atoms with E-state index in [4.69, 9.17) is 14.2 Å². The van der Waals surface area contributed by atoms with E-state index in [1.54, 1.807) is 25.7 Å². The number of amides is 2. The summed E-state index contributed by atoms with van der Waals surface area (Å²) >= 11 is 0. The van der Waals surface area contributed by atoms with Crippen LogP contribution < -0.4 is 0 Å². The molecule has 0 aliphatic carbocycles. The summed E-state index contributed by atoms with van der Waals surface area (Å²) in [7, 11) is 0. The minimum Gasteiger partial charge on any atom is -0.459 e. The largest absolute Gasteiger partial charge is 0.459 e. The third kappa shape index (κ3) is 7.84. The molecular formula is C38H52N2O9. The van der Waals surface area contributed by atoms with E-state index in [1.165, 1.54) is 4.90 Å². The third-order valence-corrected chi connectivity index (χ3v) is 9.62. The average Bonchev–Trinajstić information content (AvgIpc) is 3.70. The van der Waals surface area contributed by atoms with Crippen molar-refractivity contribution in [3.63, 3.8) is 0 Å². The molecule has 2 amide bonds. The fourth-order valence-corrected chi connectivity index (χ4v) is 6.78. The van der Waals surface area contributed by atoms with Crippen molar-refractivity contribution < 1.29 is 43.6 Å². The summed E-state index contributed by atoms with van der Waals surface area (Å²) in [5, 5.41) is 19.7. The van der Waals surface area contributed by atoms with Crippen LogP contribution in [0.2, 0.25) is 0 Å². The van der Waals surface area contributed by atoms with E-state index in [0.717, 1.165) is 11.1 Å². The predicted octanol–water partition coefficient (Wildman–Crippen LogP) is 4.08. The first kappa shape index (κ1) is 38.0. The van der Waals surface area contributed by atoms with E-state index in [9.17, 15) is 29.4 Å². The molecule has 268 valence electrons. The molecule has 11 nitrogen and oxygen atoms in total. The zero-order valence-electron chi connectivity index (χ0n) is 30.0. The lowest BCUT2D eigenvalue weighted by molar-refractivity contribution is -0.174. The molecule has 5 rings (SSSR count). The van der Waals surface area contributed by atoms with Gasteiger partial charge in [0.15, 0.2) is 0 Å². The molecule has 2 N–H and O–H groups in total. The molecule has 0 saturated carbocycles. The van der Waals surface area contributed by atoms with Crippen molar-refractivity contribution in [2.75, 3.05) is 39.5 Å². The average molecular weight is 681 g/mol. The molecule has 3 saturated heterocycles. The van der Waals surface area contributed by atoms with Gasteiger partial charge in [-0.05, 0) is 66.5 Å². The van der Waals surface area contributed by atoms with E-state index in [0.29, 0.717) is 6.54 Å². The van der Waals surface area contributed by atoms with Crippen molar-refractivity contribution in [1.29, 1.82) is 0 Å². The van der Waals surface area contributed by atoms with Crippen molar-refractivity contribution in [3.05, 3.63) is 71.8 Å². The maximum atomic E-state index is 12.9. The van der Waals surface area contributed by atoms with Crippen LogP contribution in [0.3, 0.4) is 0 Å². The molecule has 3 heterocycles. The highest BCUT2D eigenvalue weighted by atomic mass is 16.6. The molecule has 0 bridgehead atoms. The quantitative estimate of drug-likeness (QED) is 0.395. The van der Waals surface area contributed by atoms with E-state index in [2.05, 4.69) is 0 Å². The summed E-state index contributed by atoms with van der Waals surface area (Å²) in [6, 6.07) is 19.0. The van der Waals surface area contributed by atoms with Crippen LogP contribution in [0.5, 0.6) is 0 Å². The molecular weight excluding hydrogens is 628 g/mol. The fraction of sp³-hybridized carbons (Fsp3) is 0.579. The molecule has 2 aromatic rings. The van der Waals surface area contributed by atoms with Gasteiger partial charge in [0, 0.05) is 13.1 Å². The van der Waals surface area contributed by atoms with E-state index in [1.807, 2.05) is 95.3 Å². The lowest BCUT2D eigenvalue weighted by Gasteiger charge is -2.32. The standard InChI is InChI=1S/C19H27NO5.C19H25NO4/c1-13(14-8-6-5-7-9-14)20-11-19(12-22,15(10-21)16(20)23)17(24)25-18(2,3)4;1-13(14-8-6-5-7-9-14)20-11-19(17(22)24-18(2,3)4)12-23-10-15(19)16(20)21/h5-9,13,15,21-22H,10-12H2,1-4H3;5-9,13,15H,10-12H2,1-4H3/t2*13-,15?,19+/m11/s1. The molecule has 0 spiro atoms. The molecule has 6 atom stereocenters. The minimum atomic E-state index is -1.46. The maximum absolute atomic E-state index is 12.9. The number of ether oxygens (including phenoxy) is 3. The first-order valence-corrected chi connectivity index (χ1v) is 16.9. The van der Waals surface area contributed by atoms with Gasteiger partial charge in [0.25, 0.3) is 0 Å². The summed E-state index contributed by atoms with van der Waals surface area (Å²) < 4.78 is 16.6. The zero-order chi connectivity index (χ0) is 36.4. The number of likely N-dealkylation sites (tertiary alicyclic amines) is 2. The predicted molar refractivity (Wildman–Crippen MR) is 182 cm³/mol. The van der Waals surface area contributed by atoms with Crippen LogP contribution in [-0.4, -0.2) is 94.5 Å². The molecule has 0 radical (unpaired) electrons. The number of fused-ring (bicyclic) bond motifs is 1. The Morgan fingerprint density at radius 1 is 0.796 bits per heavy atom. The maximum Gasteiger partial charge on any atom is 0.317 e. The Kier molecular flexibility index (Phi) is 11.3. The van der Waals surface area contributed by atoms with Gasteiger partial charge in [-0.2, -0.15) is 0 Å². The van der Waals surface area contributed by atoms with Crippen LogP contribution in [0.4, 0.5) is 0 Å². The number of hydrogen-bond acceptors (Lipinski definition) is 9. The Morgan fingerprint density at radius 3 is 1.71 bits per heavy atom. The first-order chi connectivity index (χ1) is 22.9. The van der Waals surface area contributed by atoms with Crippen molar-refractivity contribution in [2.45, 2.75) is 78.7 Å². The number of hydrogen-bond donors (Lipinski definition) is 2. The van der Waals surface area contributed by atoms with Gasteiger partial charge < -0.3 is 34.2 Å². The van der Waals surface area contributed by atoms with Crippen molar-refractivity contribution >= 4 is 23.8 Å².